The summed E-state index contributed by atoms with van der Waals surface area (Å²) in [5.41, 5.74) is 6.52. The first-order valence-electron chi connectivity index (χ1n) is 5.64. The van der Waals surface area contributed by atoms with Gasteiger partial charge in [-0.25, -0.2) is 12.8 Å². The van der Waals surface area contributed by atoms with Crippen molar-refractivity contribution in [2.24, 2.45) is 0 Å². The van der Waals surface area contributed by atoms with Gasteiger partial charge in [-0.3, -0.25) is 4.72 Å². The Labute approximate surface area is 125 Å². The van der Waals surface area contributed by atoms with Crippen molar-refractivity contribution >= 4 is 37.3 Å². The monoisotopic (exact) mass is 358 g/mol. The summed E-state index contributed by atoms with van der Waals surface area (Å²) < 4.78 is 40.7. The first-order valence-corrected chi connectivity index (χ1v) is 7.92. The molecule has 7 heteroatoms. The SMILES string of the molecule is Cc1ccc(S(=O)(=O)Nc2c(F)cccc2Br)c(N)c1. The van der Waals surface area contributed by atoms with Gasteiger partial charge in [0, 0.05) is 4.47 Å². The van der Waals surface area contributed by atoms with Gasteiger partial charge in [-0.1, -0.05) is 12.1 Å². The summed E-state index contributed by atoms with van der Waals surface area (Å²) in [6.07, 6.45) is 0. The number of para-hydroxylation sites is 1. The third-order valence-electron chi connectivity index (χ3n) is 2.65. The van der Waals surface area contributed by atoms with Crippen LogP contribution >= 0.6 is 15.9 Å². The number of hydrogen-bond acceptors (Lipinski definition) is 3. The first kappa shape index (κ1) is 14.8. The molecule has 0 saturated carbocycles. The number of benzene rings is 2. The number of rotatable bonds is 3. The zero-order valence-corrected chi connectivity index (χ0v) is 12.9. The summed E-state index contributed by atoms with van der Waals surface area (Å²) in [4.78, 5) is -0.0850. The predicted molar refractivity (Wildman–Crippen MR) is 80.5 cm³/mol. The van der Waals surface area contributed by atoms with Gasteiger partial charge in [0.1, 0.15) is 10.7 Å². The summed E-state index contributed by atoms with van der Waals surface area (Å²) >= 11 is 3.10. The minimum absolute atomic E-state index is 0.0850. The molecule has 0 bridgehead atoms. The minimum atomic E-state index is -3.95. The second-order valence-corrected chi connectivity index (χ2v) is 6.75. The van der Waals surface area contributed by atoms with Crippen LogP contribution in [-0.4, -0.2) is 8.42 Å². The molecular formula is C13H12BrFN2O2S. The quantitative estimate of drug-likeness (QED) is 0.827. The third kappa shape index (κ3) is 2.94. The van der Waals surface area contributed by atoms with Gasteiger partial charge in [-0.2, -0.15) is 0 Å². The van der Waals surface area contributed by atoms with Gasteiger partial charge in [-0.15, -0.1) is 0 Å². The number of anilines is 2. The first-order chi connectivity index (χ1) is 9.31. The Balaban J connectivity index is 2.46. The van der Waals surface area contributed by atoms with Gasteiger partial charge in [0.2, 0.25) is 0 Å². The maximum atomic E-state index is 13.7. The van der Waals surface area contributed by atoms with Crippen molar-refractivity contribution in [1.82, 2.24) is 0 Å². The van der Waals surface area contributed by atoms with Crippen LogP contribution in [0.2, 0.25) is 0 Å². The molecule has 0 aliphatic heterocycles. The van der Waals surface area contributed by atoms with E-state index in [4.69, 9.17) is 5.73 Å². The van der Waals surface area contributed by atoms with Crippen molar-refractivity contribution in [3.05, 3.63) is 52.3 Å². The Hall–Kier alpha value is -1.60. The lowest BCUT2D eigenvalue weighted by Crippen LogP contribution is -2.16. The number of nitrogen functional groups attached to an aromatic ring is 1. The summed E-state index contributed by atoms with van der Waals surface area (Å²) in [5, 5.41) is 0. The molecular weight excluding hydrogens is 347 g/mol. The summed E-state index contributed by atoms with van der Waals surface area (Å²) in [7, 11) is -3.95. The molecule has 0 atom stereocenters. The molecule has 0 amide bonds. The molecule has 2 rings (SSSR count). The summed E-state index contributed by atoms with van der Waals surface area (Å²) in [5.74, 6) is -0.673. The highest BCUT2D eigenvalue weighted by molar-refractivity contribution is 9.10. The molecule has 0 fully saturated rings. The highest BCUT2D eigenvalue weighted by atomic mass is 79.9. The van der Waals surface area contributed by atoms with E-state index in [0.717, 1.165) is 5.56 Å². The van der Waals surface area contributed by atoms with Crippen LogP contribution in [0.25, 0.3) is 0 Å². The molecule has 0 radical (unpaired) electrons. The van der Waals surface area contributed by atoms with Crippen LogP contribution in [-0.2, 0) is 10.0 Å². The number of nitrogens with two attached hydrogens (primary N) is 1. The Morgan fingerprint density at radius 1 is 1.25 bits per heavy atom. The Kier molecular flexibility index (Phi) is 4.01. The fourth-order valence-electron chi connectivity index (χ4n) is 1.70. The Bertz CT molecular complexity index is 743. The molecule has 0 heterocycles. The maximum absolute atomic E-state index is 13.7. The van der Waals surface area contributed by atoms with Crippen LogP contribution in [0.1, 0.15) is 5.56 Å². The number of sulfonamides is 1. The van der Waals surface area contributed by atoms with E-state index in [1.165, 1.54) is 18.2 Å². The van der Waals surface area contributed by atoms with E-state index in [-0.39, 0.29) is 16.3 Å². The zero-order valence-electron chi connectivity index (χ0n) is 10.5. The molecule has 0 aromatic heterocycles. The molecule has 0 saturated heterocycles. The van der Waals surface area contributed by atoms with Crippen molar-refractivity contribution in [2.75, 3.05) is 10.5 Å². The minimum Gasteiger partial charge on any atom is -0.398 e. The summed E-state index contributed by atoms with van der Waals surface area (Å²) in [6.45, 7) is 1.80. The van der Waals surface area contributed by atoms with Crippen LogP contribution in [0, 0.1) is 12.7 Å². The van der Waals surface area contributed by atoms with E-state index in [2.05, 4.69) is 20.7 Å². The van der Waals surface area contributed by atoms with E-state index >= 15 is 0 Å². The van der Waals surface area contributed by atoms with E-state index in [9.17, 15) is 12.8 Å². The van der Waals surface area contributed by atoms with Gasteiger partial charge >= 0.3 is 0 Å². The van der Waals surface area contributed by atoms with Gasteiger partial charge in [0.15, 0.2) is 0 Å². The average Bonchev–Trinajstić information content (AvgIpc) is 2.33. The second kappa shape index (κ2) is 5.41. The standard InChI is InChI=1S/C13H12BrFN2O2S/c1-8-5-6-12(11(16)7-8)20(18,19)17-13-9(14)3-2-4-10(13)15/h2-7,17H,16H2,1H3. The van der Waals surface area contributed by atoms with Crippen molar-refractivity contribution in [3.63, 3.8) is 0 Å². The number of aryl methyl sites for hydroxylation is 1. The number of hydrogen-bond donors (Lipinski definition) is 2. The van der Waals surface area contributed by atoms with Crippen LogP contribution < -0.4 is 10.5 Å². The Morgan fingerprint density at radius 2 is 1.95 bits per heavy atom. The topological polar surface area (TPSA) is 72.2 Å². The molecule has 106 valence electrons. The van der Waals surface area contributed by atoms with Gasteiger partial charge in [0.25, 0.3) is 10.0 Å². The number of halogens is 2. The summed E-state index contributed by atoms with van der Waals surface area (Å²) in [6, 6.07) is 8.74. The maximum Gasteiger partial charge on any atom is 0.264 e. The smallest absolute Gasteiger partial charge is 0.264 e. The molecule has 0 aliphatic carbocycles. The van der Waals surface area contributed by atoms with Gasteiger partial charge < -0.3 is 5.73 Å². The second-order valence-electron chi connectivity index (χ2n) is 4.24. The fraction of sp³-hybridized carbons (Fsp3) is 0.0769. The van der Waals surface area contributed by atoms with Crippen molar-refractivity contribution in [2.45, 2.75) is 11.8 Å². The van der Waals surface area contributed by atoms with E-state index < -0.39 is 15.8 Å². The van der Waals surface area contributed by atoms with Crippen molar-refractivity contribution in [3.8, 4) is 0 Å². The molecule has 2 aromatic carbocycles. The molecule has 4 nitrogen and oxygen atoms in total. The predicted octanol–water partition coefficient (Wildman–Crippen LogP) is 3.28. The van der Waals surface area contributed by atoms with Crippen molar-refractivity contribution in [1.29, 1.82) is 0 Å². The lowest BCUT2D eigenvalue weighted by atomic mass is 10.2. The number of nitrogens with one attached hydrogen (secondary N) is 1. The van der Waals surface area contributed by atoms with Crippen LogP contribution in [0.4, 0.5) is 15.8 Å². The van der Waals surface area contributed by atoms with Gasteiger partial charge in [0.05, 0.1) is 11.4 Å². The van der Waals surface area contributed by atoms with Crippen LogP contribution in [0.3, 0.4) is 0 Å². The van der Waals surface area contributed by atoms with E-state index in [0.29, 0.717) is 4.47 Å². The van der Waals surface area contributed by atoms with E-state index in [1.807, 2.05) is 0 Å². The van der Waals surface area contributed by atoms with Crippen LogP contribution in [0.15, 0.2) is 45.8 Å². The zero-order chi connectivity index (χ0) is 14.9. The van der Waals surface area contributed by atoms with Crippen molar-refractivity contribution < 1.29 is 12.8 Å². The molecule has 0 aliphatic rings. The fourth-order valence-corrected chi connectivity index (χ4v) is 3.47. The highest BCUT2D eigenvalue weighted by Crippen LogP contribution is 2.29. The Morgan fingerprint density at radius 3 is 2.55 bits per heavy atom. The van der Waals surface area contributed by atoms with Crippen LogP contribution in [0.5, 0.6) is 0 Å². The molecule has 0 unspecified atom stereocenters. The molecule has 0 spiro atoms. The normalized spacial score (nSPS) is 11.3. The lowest BCUT2D eigenvalue weighted by molar-refractivity contribution is 0.598. The van der Waals surface area contributed by atoms with E-state index in [1.54, 1.807) is 25.1 Å². The third-order valence-corrected chi connectivity index (χ3v) is 4.74. The molecule has 20 heavy (non-hydrogen) atoms. The lowest BCUT2D eigenvalue weighted by Gasteiger charge is -2.12. The molecule has 3 N–H and O–H groups in total. The largest absolute Gasteiger partial charge is 0.398 e. The average molecular weight is 359 g/mol. The highest BCUT2D eigenvalue weighted by Gasteiger charge is 2.20. The molecule has 2 aromatic rings. The van der Waals surface area contributed by atoms with Gasteiger partial charge in [-0.05, 0) is 52.7 Å².